The standard InChI is InChI=1S/C27H30N3O/c1-3-8-25-22(6-1)10-11-24(28-25)19-29-14-12-21(13-15-29)20-30-16-5-17-31-27(30)18-23-7-2-4-9-26(23)30/h1-4,6-11,18,21H,5,12-17,19-20H2/q+1. The highest BCUT2D eigenvalue weighted by Crippen LogP contribution is 2.44. The predicted octanol–water partition coefficient (Wildman–Crippen LogP) is 5.19. The molecule has 1 unspecified atom stereocenters. The molecule has 158 valence electrons. The fraction of sp³-hybridized carbons (Fsp3) is 0.370. The maximum atomic E-state index is 6.18. The number of aromatic nitrogens is 1. The van der Waals surface area contributed by atoms with E-state index in [1.54, 1.807) is 0 Å². The van der Waals surface area contributed by atoms with Crippen molar-refractivity contribution in [1.29, 1.82) is 0 Å². The van der Waals surface area contributed by atoms with Crippen molar-refractivity contribution >= 4 is 22.7 Å². The first-order valence-electron chi connectivity index (χ1n) is 11.7. The molecule has 4 heteroatoms. The van der Waals surface area contributed by atoms with Crippen molar-refractivity contribution in [3.05, 3.63) is 77.8 Å². The van der Waals surface area contributed by atoms with Crippen LogP contribution in [0.5, 0.6) is 0 Å². The maximum Gasteiger partial charge on any atom is 0.297 e. The maximum absolute atomic E-state index is 6.18. The summed E-state index contributed by atoms with van der Waals surface area (Å²) in [4.78, 5) is 7.46. The lowest BCUT2D eigenvalue weighted by Crippen LogP contribution is -2.54. The van der Waals surface area contributed by atoms with Gasteiger partial charge in [-0.1, -0.05) is 36.4 Å². The van der Waals surface area contributed by atoms with Gasteiger partial charge in [0.15, 0.2) is 0 Å². The van der Waals surface area contributed by atoms with Crippen molar-refractivity contribution in [2.24, 2.45) is 5.92 Å². The molecule has 3 aliphatic rings. The minimum Gasteiger partial charge on any atom is -0.451 e. The molecule has 0 aliphatic carbocycles. The van der Waals surface area contributed by atoms with E-state index < -0.39 is 0 Å². The van der Waals surface area contributed by atoms with Gasteiger partial charge >= 0.3 is 0 Å². The molecule has 1 aromatic heterocycles. The molecule has 0 amide bonds. The third-order valence-corrected chi connectivity index (χ3v) is 7.35. The number of likely N-dealkylation sites (tertiary alicyclic amines) is 1. The van der Waals surface area contributed by atoms with Crippen LogP contribution < -0.4 is 4.48 Å². The van der Waals surface area contributed by atoms with Crippen LogP contribution in [0.4, 0.5) is 5.69 Å². The second-order valence-electron chi connectivity index (χ2n) is 9.33. The monoisotopic (exact) mass is 412 g/mol. The number of hydrogen-bond donors (Lipinski definition) is 0. The topological polar surface area (TPSA) is 25.4 Å². The van der Waals surface area contributed by atoms with Crippen LogP contribution in [0.3, 0.4) is 0 Å². The first-order valence-corrected chi connectivity index (χ1v) is 11.7. The predicted molar refractivity (Wildman–Crippen MR) is 126 cm³/mol. The van der Waals surface area contributed by atoms with Crippen molar-refractivity contribution in [2.45, 2.75) is 25.8 Å². The van der Waals surface area contributed by atoms with Gasteiger partial charge in [0.2, 0.25) is 0 Å². The number of rotatable bonds is 4. The number of para-hydroxylation sites is 2. The number of ether oxygens (including phenoxy) is 1. The Hall–Kier alpha value is -2.69. The second-order valence-corrected chi connectivity index (χ2v) is 9.33. The molecule has 1 atom stereocenters. The van der Waals surface area contributed by atoms with Crippen LogP contribution in [0.25, 0.3) is 17.0 Å². The van der Waals surface area contributed by atoms with Gasteiger partial charge in [0, 0.05) is 35.9 Å². The van der Waals surface area contributed by atoms with Gasteiger partial charge in [0.05, 0.1) is 37.0 Å². The van der Waals surface area contributed by atoms with Gasteiger partial charge in [0.1, 0.15) is 5.69 Å². The lowest BCUT2D eigenvalue weighted by Gasteiger charge is -2.42. The van der Waals surface area contributed by atoms with Crippen LogP contribution in [0, 0.1) is 5.92 Å². The van der Waals surface area contributed by atoms with E-state index in [9.17, 15) is 0 Å². The van der Waals surface area contributed by atoms with E-state index >= 15 is 0 Å². The Labute approximate surface area is 184 Å². The summed E-state index contributed by atoms with van der Waals surface area (Å²) >= 11 is 0. The SMILES string of the molecule is C1=C2OCCC[N+]2(CC2CCN(Cc3ccc4ccccc4n3)CC2)c2ccccc21. The minimum absolute atomic E-state index is 0.733. The van der Waals surface area contributed by atoms with Crippen LogP contribution in [0.15, 0.2) is 66.5 Å². The minimum atomic E-state index is 0.733. The first-order chi connectivity index (χ1) is 15.3. The van der Waals surface area contributed by atoms with E-state index in [0.29, 0.717) is 0 Å². The fourth-order valence-electron chi connectivity index (χ4n) is 5.75. The summed E-state index contributed by atoms with van der Waals surface area (Å²) in [5, 5.41) is 1.22. The van der Waals surface area contributed by atoms with Crippen LogP contribution >= 0.6 is 0 Å². The first kappa shape index (κ1) is 19.0. The summed E-state index contributed by atoms with van der Waals surface area (Å²) < 4.78 is 7.12. The fourth-order valence-corrected chi connectivity index (χ4v) is 5.75. The van der Waals surface area contributed by atoms with E-state index in [1.165, 1.54) is 54.1 Å². The summed E-state index contributed by atoms with van der Waals surface area (Å²) in [5.41, 5.74) is 5.07. The van der Waals surface area contributed by atoms with Crippen molar-refractivity contribution < 1.29 is 4.74 Å². The number of quaternary nitrogens is 1. The largest absolute Gasteiger partial charge is 0.451 e. The van der Waals surface area contributed by atoms with Crippen LogP contribution in [0.2, 0.25) is 0 Å². The molecule has 3 aliphatic heterocycles. The van der Waals surface area contributed by atoms with Gasteiger partial charge in [-0.3, -0.25) is 9.88 Å². The summed E-state index contributed by atoms with van der Waals surface area (Å²) in [5.74, 6) is 1.91. The number of nitrogens with zero attached hydrogens (tertiary/aromatic N) is 3. The molecule has 2 aromatic carbocycles. The van der Waals surface area contributed by atoms with Crippen molar-refractivity contribution in [3.8, 4) is 0 Å². The van der Waals surface area contributed by atoms with Gasteiger partial charge in [-0.05, 0) is 44.1 Å². The molecule has 0 radical (unpaired) electrons. The zero-order valence-electron chi connectivity index (χ0n) is 18.0. The molecule has 2 fully saturated rings. The Morgan fingerprint density at radius 2 is 1.81 bits per heavy atom. The third-order valence-electron chi connectivity index (χ3n) is 7.35. The van der Waals surface area contributed by atoms with Crippen molar-refractivity contribution in [2.75, 3.05) is 32.8 Å². The number of fused-ring (bicyclic) bond motifs is 4. The van der Waals surface area contributed by atoms with Crippen molar-refractivity contribution in [3.63, 3.8) is 0 Å². The van der Waals surface area contributed by atoms with Gasteiger partial charge in [-0.2, -0.15) is 0 Å². The summed E-state index contributed by atoms with van der Waals surface area (Å²) in [7, 11) is 0. The summed E-state index contributed by atoms with van der Waals surface area (Å²) in [6.07, 6.45) is 5.93. The molecule has 0 bridgehead atoms. The zero-order valence-corrected chi connectivity index (χ0v) is 18.0. The lowest BCUT2D eigenvalue weighted by molar-refractivity contribution is 0.0545. The van der Waals surface area contributed by atoms with Crippen LogP contribution in [-0.4, -0.2) is 42.7 Å². The average Bonchev–Trinajstić information content (AvgIpc) is 3.14. The number of benzene rings is 2. The molecule has 0 saturated carbocycles. The molecule has 0 spiro atoms. The second kappa shape index (κ2) is 7.77. The van der Waals surface area contributed by atoms with E-state index in [0.717, 1.165) is 48.6 Å². The van der Waals surface area contributed by atoms with E-state index in [1.807, 2.05) is 0 Å². The molecular formula is C27H30N3O+. The number of piperidine rings is 1. The highest BCUT2D eigenvalue weighted by atomic mass is 16.5. The Morgan fingerprint density at radius 3 is 2.74 bits per heavy atom. The Bertz CT molecular complexity index is 1130. The zero-order chi connectivity index (χ0) is 20.7. The van der Waals surface area contributed by atoms with Crippen LogP contribution in [0.1, 0.15) is 30.5 Å². The van der Waals surface area contributed by atoms with Gasteiger partial charge in [0.25, 0.3) is 5.88 Å². The van der Waals surface area contributed by atoms with Crippen molar-refractivity contribution in [1.82, 2.24) is 14.4 Å². The summed E-state index contributed by atoms with van der Waals surface area (Å²) in [6, 6.07) is 21.7. The molecule has 31 heavy (non-hydrogen) atoms. The molecule has 0 N–H and O–H groups in total. The molecular weight excluding hydrogens is 382 g/mol. The highest BCUT2D eigenvalue weighted by Gasteiger charge is 2.47. The Morgan fingerprint density at radius 1 is 0.968 bits per heavy atom. The van der Waals surface area contributed by atoms with Gasteiger partial charge in [-0.15, -0.1) is 0 Å². The van der Waals surface area contributed by atoms with Gasteiger partial charge < -0.3 is 4.74 Å². The Balaban J connectivity index is 1.13. The quantitative estimate of drug-likeness (QED) is 0.552. The molecule has 2 saturated heterocycles. The molecule has 3 aromatic rings. The molecule has 4 heterocycles. The van der Waals surface area contributed by atoms with E-state index in [2.05, 4.69) is 71.6 Å². The normalized spacial score (nSPS) is 23.8. The lowest BCUT2D eigenvalue weighted by atomic mass is 9.94. The van der Waals surface area contributed by atoms with Crippen LogP contribution in [-0.2, 0) is 11.3 Å². The van der Waals surface area contributed by atoms with E-state index in [4.69, 9.17) is 9.72 Å². The van der Waals surface area contributed by atoms with Gasteiger partial charge in [-0.25, -0.2) is 4.48 Å². The third kappa shape index (κ3) is 3.44. The summed E-state index contributed by atoms with van der Waals surface area (Å²) in [6.45, 7) is 6.46. The Kier molecular flexibility index (Phi) is 4.77. The number of hydrogen-bond acceptors (Lipinski definition) is 3. The van der Waals surface area contributed by atoms with E-state index in [-0.39, 0.29) is 0 Å². The smallest absolute Gasteiger partial charge is 0.297 e. The highest BCUT2D eigenvalue weighted by molar-refractivity contribution is 5.78. The molecule has 6 rings (SSSR count). The number of pyridine rings is 1. The molecule has 4 nitrogen and oxygen atoms in total. The average molecular weight is 413 g/mol.